The number of nitro benzene ring substituents is 1. The summed E-state index contributed by atoms with van der Waals surface area (Å²) in [6, 6.07) is 3.90. The van der Waals surface area contributed by atoms with Crippen LogP contribution < -0.4 is 10.1 Å². The van der Waals surface area contributed by atoms with Crippen LogP contribution >= 0.6 is 11.6 Å². The van der Waals surface area contributed by atoms with Gasteiger partial charge in [-0.1, -0.05) is 6.92 Å². The first-order chi connectivity index (χ1) is 9.49. The van der Waals surface area contributed by atoms with E-state index in [9.17, 15) is 14.9 Å². The first-order valence-corrected chi connectivity index (χ1v) is 6.69. The average Bonchev–Trinajstić information content (AvgIpc) is 2.44. The molecule has 0 radical (unpaired) electrons. The minimum absolute atomic E-state index is 0.117. The molecule has 0 spiro atoms. The van der Waals surface area contributed by atoms with Gasteiger partial charge in [-0.3, -0.25) is 14.9 Å². The third-order valence-corrected chi connectivity index (χ3v) is 3.07. The van der Waals surface area contributed by atoms with Crippen molar-refractivity contribution in [3.8, 4) is 5.75 Å². The minimum Gasteiger partial charge on any atom is -0.496 e. The molecule has 1 aromatic rings. The van der Waals surface area contributed by atoms with Gasteiger partial charge in [0.1, 0.15) is 5.75 Å². The monoisotopic (exact) mass is 300 g/mol. The van der Waals surface area contributed by atoms with Crippen molar-refractivity contribution >= 4 is 23.2 Å². The zero-order chi connectivity index (χ0) is 15.1. The smallest absolute Gasteiger partial charge is 0.273 e. The molecule has 7 heteroatoms. The van der Waals surface area contributed by atoms with E-state index in [1.807, 2.05) is 6.92 Å². The summed E-state index contributed by atoms with van der Waals surface area (Å²) in [6.07, 6.45) is 0.805. The molecule has 1 rings (SSSR count). The molecule has 0 aliphatic carbocycles. The zero-order valence-electron chi connectivity index (χ0n) is 11.4. The van der Waals surface area contributed by atoms with Gasteiger partial charge in [0.05, 0.1) is 23.7 Å². The SMILES string of the molecule is COc1cc([N+](=O)[O-])ccc1C(=O)NCC(C)CCCl. The summed E-state index contributed by atoms with van der Waals surface area (Å²) in [5.41, 5.74) is 0.157. The fourth-order valence-corrected chi connectivity index (χ4v) is 2.00. The van der Waals surface area contributed by atoms with Crippen molar-refractivity contribution in [1.29, 1.82) is 0 Å². The lowest BCUT2D eigenvalue weighted by Crippen LogP contribution is -2.28. The Morgan fingerprint density at radius 3 is 2.80 bits per heavy atom. The Balaban J connectivity index is 2.79. The number of carbonyl (C=O) groups is 1. The van der Waals surface area contributed by atoms with Crippen molar-refractivity contribution in [1.82, 2.24) is 5.32 Å². The Morgan fingerprint density at radius 1 is 1.55 bits per heavy atom. The second-order valence-electron chi connectivity index (χ2n) is 4.43. The van der Waals surface area contributed by atoms with Gasteiger partial charge < -0.3 is 10.1 Å². The predicted octanol–water partition coefficient (Wildman–Crippen LogP) is 2.60. The Labute approximate surface area is 122 Å². The van der Waals surface area contributed by atoms with Crippen LogP contribution in [0.4, 0.5) is 5.69 Å². The molecule has 110 valence electrons. The molecule has 20 heavy (non-hydrogen) atoms. The first kappa shape index (κ1) is 16.2. The van der Waals surface area contributed by atoms with E-state index in [0.717, 1.165) is 6.42 Å². The van der Waals surface area contributed by atoms with Crippen molar-refractivity contribution in [2.45, 2.75) is 13.3 Å². The highest BCUT2D eigenvalue weighted by molar-refractivity contribution is 6.17. The molecule has 0 bridgehead atoms. The van der Waals surface area contributed by atoms with Gasteiger partial charge in [-0.2, -0.15) is 0 Å². The largest absolute Gasteiger partial charge is 0.496 e. The van der Waals surface area contributed by atoms with E-state index in [0.29, 0.717) is 12.4 Å². The number of amides is 1. The lowest BCUT2D eigenvalue weighted by Gasteiger charge is -2.12. The van der Waals surface area contributed by atoms with Crippen LogP contribution in [0, 0.1) is 16.0 Å². The standard InChI is InChI=1S/C13H17ClN2O4/c1-9(5-6-14)8-15-13(17)11-4-3-10(16(18)19)7-12(11)20-2/h3-4,7,9H,5-6,8H2,1-2H3,(H,15,17). The van der Waals surface area contributed by atoms with Crippen LogP contribution in [0.25, 0.3) is 0 Å². The zero-order valence-corrected chi connectivity index (χ0v) is 12.1. The summed E-state index contributed by atoms with van der Waals surface area (Å²) in [5.74, 6) is 0.665. The van der Waals surface area contributed by atoms with Crippen LogP contribution in [-0.2, 0) is 0 Å². The van der Waals surface area contributed by atoms with Crippen LogP contribution in [0.5, 0.6) is 5.75 Å². The second kappa shape index (κ2) is 7.69. The van der Waals surface area contributed by atoms with Crippen LogP contribution in [0.15, 0.2) is 18.2 Å². The second-order valence-corrected chi connectivity index (χ2v) is 4.81. The number of nitrogens with one attached hydrogen (secondary N) is 1. The van der Waals surface area contributed by atoms with Crippen molar-refractivity contribution < 1.29 is 14.5 Å². The Morgan fingerprint density at radius 2 is 2.25 bits per heavy atom. The van der Waals surface area contributed by atoms with Gasteiger partial charge in [0.25, 0.3) is 11.6 Å². The van der Waals surface area contributed by atoms with Crippen molar-refractivity contribution in [2.24, 2.45) is 5.92 Å². The highest BCUT2D eigenvalue weighted by Gasteiger charge is 2.17. The highest BCUT2D eigenvalue weighted by atomic mass is 35.5. The van der Waals surface area contributed by atoms with Crippen molar-refractivity contribution in [3.05, 3.63) is 33.9 Å². The number of nitrogens with zero attached hydrogens (tertiary/aromatic N) is 1. The van der Waals surface area contributed by atoms with E-state index in [1.54, 1.807) is 0 Å². The number of carbonyl (C=O) groups excluding carboxylic acids is 1. The van der Waals surface area contributed by atoms with E-state index < -0.39 is 4.92 Å². The third-order valence-electron chi connectivity index (χ3n) is 2.85. The number of hydrogen-bond acceptors (Lipinski definition) is 4. The van der Waals surface area contributed by atoms with Gasteiger partial charge in [-0.25, -0.2) is 0 Å². The number of halogens is 1. The highest BCUT2D eigenvalue weighted by Crippen LogP contribution is 2.24. The maximum Gasteiger partial charge on any atom is 0.273 e. The molecule has 1 unspecified atom stereocenters. The molecule has 0 aliphatic rings. The lowest BCUT2D eigenvalue weighted by molar-refractivity contribution is -0.384. The molecule has 0 aliphatic heterocycles. The van der Waals surface area contributed by atoms with Crippen molar-refractivity contribution in [2.75, 3.05) is 19.5 Å². The average molecular weight is 301 g/mol. The molecule has 0 aromatic heterocycles. The summed E-state index contributed by atoms with van der Waals surface area (Å²) in [4.78, 5) is 22.2. The summed E-state index contributed by atoms with van der Waals surface area (Å²) in [7, 11) is 1.37. The number of rotatable bonds is 7. The maximum absolute atomic E-state index is 12.0. The molecule has 0 heterocycles. The number of nitro groups is 1. The topological polar surface area (TPSA) is 81.5 Å². The molecule has 0 saturated carbocycles. The predicted molar refractivity (Wildman–Crippen MR) is 76.5 cm³/mol. The van der Waals surface area contributed by atoms with Gasteiger partial charge in [0.15, 0.2) is 0 Å². The van der Waals surface area contributed by atoms with Gasteiger partial charge in [0, 0.05) is 18.5 Å². The van der Waals surface area contributed by atoms with E-state index in [-0.39, 0.29) is 28.8 Å². The fourth-order valence-electron chi connectivity index (χ4n) is 1.63. The quantitative estimate of drug-likeness (QED) is 0.477. The number of ether oxygens (including phenoxy) is 1. The van der Waals surface area contributed by atoms with E-state index in [2.05, 4.69) is 5.32 Å². The lowest BCUT2D eigenvalue weighted by atomic mass is 10.1. The van der Waals surface area contributed by atoms with Gasteiger partial charge in [-0.05, 0) is 18.4 Å². The number of hydrogen-bond donors (Lipinski definition) is 1. The summed E-state index contributed by atoms with van der Waals surface area (Å²) < 4.78 is 5.03. The summed E-state index contributed by atoms with van der Waals surface area (Å²) in [6.45, 7) is 2.47. The molecular weight excluding hydrogens is 284 g/mol. The normalized spacial score (nSPS) is 11.8. The molecule has 0 saturated heterocycles. The Bertz CT molecular complexity index is 493. The molecule has 6 nitrogen and oxygen atoms in total. The molecule has 1 amide bonds. The number of non-ortho nitro benzene ring substituents is 1. The maximum atomic E-state index is 12.0. The summed E-state index contributed by atoms with van der Waals surface area (Å²) >= 11 is 5.63. The van der Waals surface area contributed by atoms with Crippen LogP contribution in [0.2, 0.25) is 0 Å². The third kappa shape index (κ3) is 4.38. The Hall–Kier alpha value is -1.82. The number of benzene rings is 1. The first-order valence-electron chi connectivity index (χ1n) is 6.16. The van der Waals surface area contributed by atoms with Crippen LogP contribution in [-0.4, -0.2) is 30.4 Å². The number of alkyl halides is 1. The molecular formula is C13H17ClN2O4. The van der Waals surface area contributed by atoms with Gasteiger partial charge >= 0.3 is 0 Å². The fraction of sp³-hybridized carbons (Fsp3) is 0.462. The van der Waals surface area contributed by atoms with Crippen LogP contribution in [0.1, 0.15) is 23.7 Å². The van der Waals surface area contributed by atoms with Crippen molar-refractivity contribution in [3.63, 3.8) is 0 Å². The molecule has 0 fully saturated rings. The van der Waals surface area contributed by atoms with Gasteiger partial charge in [-0.15, -0.1) is 11.6 Å². The van der Waals surface area contributed by atoms with E-state index >= 15 is 0 Å². The summed E-state index contributed by atoms with van der Waals surface area (Å²) in [5, 5.41) is 13.4. The van der Waals surface area contributed by atoms with Gasteiger partial charge in [0.2, 0.25) is 0 Å². The number of methoxy groups -OCH3 is 1. The van der Waals surface area contributed by atoms with E-state index in [1.165, 1.54) is 25.3 Å². The minimum atomic E-state index is -0.535. The molecule has 1 aromatic carbocycles. The molecule has 1 N–H and O–H groups in total. The Kier molecular flexibility index (Phi) is 6.24. The van der Waals surface area contributed by atoms with Crippen LogP contribution in [0.3, 0.4) is 0 Å². The van der Waals surface area contributed by atoms with E-state index in [4.69, 9.17) is 16.3 Å². The molecule has 1 atom stereocenters.